The number of aliphatic carboxylic acids is 1. The van der Waals surface area contributed by atoms with Gasteiger partial charge in [0.05, 0.1) is 0 Å². The van der Waals surface area contributed by atoms with Gasteiger partial charge in [-0.25, -0.2) is 4.79 Å². The molecule has 0 aliphatic rings. The van der Waals surface area contributed by atoms with Crippen LogP contribution < -0.4 is 0 Å². The molecular weight excluding hydrogens is 208 g/mol. The lowest BCUT2D eigenvalue weighted by atomic mass is 10.1. The van der Waals surface area contributed by atoms with Crippen molar-refractivity contribution in [2.45, 2.75) is 6.42 Å². The molecule has 0 saturated carbocycles. The molecule has 0 radical (unpaired) electrons. The third kappa shape index (κ3) is 2.88. The minimum absolute atomic E-state index is 0.167. The monoisotopic (exact) mass is 220 g/mol. The zero-order chi connectivity index (χ0) is 12.1. The second-order valence-corrected chi connectivity index (χ2v) is 3.22. The van der Waals surface area contributed by atoms with Crippen LogP contribution in [0.1, 0.15) is 12.0 Å². The molecule has 0 unspecified atom stereocenters. The van der Waals surface area contributed by atoms with Gasteiger partial charge in [-0.1, -0.05) is 12.1 Å². The predicted octanol–water partition coefficient (Wildman–Crippen LogP) is 2.14. The zero-order valence-electron chi connectivity index (χ0n) is 8.55. The fourth-order valence-electron chi connectivity index (χ4n) is 1.19. The van der Waals surface area contributed by atoms with E-state index in [-0.39, 0.29) is 23.5 Å². The summed E-state index contributed by atoms with van der Waals surface area (Å²) in [6.07, 6.45) is 3.14. The van der Waals surface area contributed by atoms with Crippen molar-refractivity contribution in [3.63, 3.8) is 0 Å². The Kier molecular flexibility index (Phi) is 3.72. The molecule has 84 valence electrons. The number of allylic oxidation sites excluding steroid dienone is 1. The molecule has 1 aromatic rings. The average Bonchev–Trinajstić information content (AvgIpc) is 2.22. The van der Waals surface area contributed by atoms with Crippen molar-refractivity contribution in [2.24, 2.45) is 0 Å². The smallest absolute Gasteiger partial charge is 0.331 e. The average molecular weight is 220 g/mol. The number of rotatable bonds is 4. The Labute approximate surface area is 92.8 Å². The van der Waals surface area contributed by atoms with E-state index in [1.54, 1.807) is 0 Å². The molecule has 0 aliphatic heterocycles. The van der Waals surface area contributed by atoms with Gasteiger partial charge >= 0.3 is 5.97 Å². The van der Waals surface area contributed by atoms with E-state index in [9.17, 15) is 9.90 Å². The number of carboxylic acid groups (broad SMARTS) is 1. The summed E-state index contributed by atoms with van der Waals surface area (Å²) in [7, 11) is 0. The minimum Gasteiger partial charge on any atom is -0.504 e. The number of phenolic OH excluding ortho intramolecular Hbond substituents is 2. The number of benzene rings is 1. The van der Waals surface area contributed by atoms with Crippen LogP contribution in [0.25, 0.3) is 6.08 Å². The van der Waals surface area contributed by atoms with Crippen LogP contribution in [0.4, 0.5) is 0 Å². The van der Waals surface area contributed by atoms with Crippen LogP contribution in [0.3, 0.4) is 0 Å². The number of phenols is 2. The Morgan fingerprint density at radius 2 is 2.00 bits per heavy atom. The lowest BCUT2D eigenvalue weighted by Crippen LogP contribution is -1.98. The van der Waals surface area contributed by atoms with E-state index < -0.39 is 5.97 Å². The number of aromatic hydroxyl groups is 2. The van der Waals surface area contributed by atoms with E-state index in [0.717, 1.165) is 0 Å². The summed E-state index contributed by atoms with van der Waals surface area (Å²) >= 11 is 0. The summed E-state index contributed by atoms with van der Waals surface area (Å²) < 4.78 is 0. The molecule has 0 atom stereocenters. The van der Waals surface area contributed by atoms with Crippen molar-refractivity contribution < 1.29 is 20.1 Å². The summed E-state index contributed by atoms with van der Waals surface area (Å²) in [5, 5.41) is 27.2. The van der Waals surface area contributed by atoms with Gasteiger partial charge in [-0.2, -0.15) is 0 Å². The third-order valence-electron chi connectivity index (χ3n) is 1.98. The van der Waals surface area contributed by atoms with E-state index in [4.69, 9.17) is 10.2 Å². The van der Waals surface area contributed by atoms with Gasteiger partial charge in [-0.05, 0) is 30.2 Å². The van der Waals surface area contributed by atoms with Crippen LogP contribution >= 0.6 is 0 Å². The van der Waals surface area contributed by atoms with Crippen molar-refractivity contribution in [3.8, 4) is 11.5 Å². The summed E-state index contributed by atoms with van der Waals surface area (Å²) in [6.45, 7) is 3.46. The number of carbonyl (C=O) groups is 1. The summed E-state index contributed by atoms with van der Waals surface area (Å²) in [6, 6.07) is 4.11. The Bertz CT molecular complexity index is 446. The van der Waals surface area contributed by atoms with Gasteiger partial charge in [0.25, 0.3) is 0 Å². The Morgan fingerprint density at radius 1 is 1.31 bits per heavy atom. The van der Waals surface area contributed by atoms with Gasteiger partial charge < -0.3 is 15.3 Å². The highest BCUT2D eigenvalue weighted by atomic mass is 16.4. The first-order valence-electron chi connectivity index (χ1n) is 4.61. The molecule has 0 aliphatic carbocycles. The fraction of sp³-hybridized carbons (Fsp3) is 0.0833. The van der Waals surface area contributed by atoms with Gasteiger partial charge in [-0.3, -0.25) is 0 Å². The SMILES string of the molecule is C=CCC(=Cc1ccc(O)c(O)c1)C(=O)O. The van der Waals surface area contributed by atoms with Gasteiger partial charge in [0.2, 0.25) is 0 Å². The van der Waals surface area contributed by atoms with E-state index in [2.05, 4.69) is 6.58 Å². The van der Waals surface area contributed by atoms with Crippen LogP contribution in [-0.2, 0) is 4.79 Å². The van der Waals surface area contributed by atoms with Gasteiger partial charge in [-0.15, -0.1) is 6.58 Å². The van der Waals surface area contributed by atoms with Crippen LogP contribution in [-0.4, -0.2) is 21.3 Å². The molecule has 0 spiro atoms. The Hall–Kier alpha value is -2.23. The first kappa shape index (κ1) is 11.8. The van der Waals surface area contributed by atoms with E-state index in [1.165, 1.54) is 30.4 Å². The maximum absolute atomic E-state index is 10.8. The highest BCUT2D eigenvalue weighted by Crippen LogP contribution is 2.26. The fourth-order valence-corrected chi connectivity index (χ4v) is 1.19. The Morgan fingerprint density at radius 3 is 2.50 bits per heavy atom. The van der Waals surface area contributed by atoms with Crippen LogP contribution in [0.2, 0.25) is 0 Å². The first-order chi connectivity index (χ1) is 7.54. The van der Waals surface area contributed by atoms with Crippen LogP contribution in [0.5, 0.6) is 11.5 Å². The predicted molar refractivity (Wildman–Crippen MR) is 60.2 cm³/mol. The maximum Gasteiger partial charge on any atom is 0.331 e. The second-order valence-electron chi connectivity index (χ2n) is 3.22. The highest BCUT2D eigenvalue weighted by molar-refractivity contribution is 5.92. The lowest BCUT2D eigenvalue weighted by molar-refractivity contribution is -0.132. The molecule has 0 amide bonds. The molecule has 0 heterocycles. The number of hydrogen-bond donors (Lipinski definition) is 3. The quantitative estimate of drug-likeness (QED) is 0.412. The highest BCUT2D eigenvalue weighted by Gasteiger charge is 2.06. The summed E-state index contributed by atoms with van der Waals surface area (Å²) in [4.78, 5) is 10.8. The van der Waals surface area contributed by atoms with Gasteiger partial charge in [0.1, 0.15) is 0 Å². The van der Waals surface area contributed by atoms with Crippen molar-refractivity contribution in [1.82, 2.24) is 0 Å². The van der Waals surface area contributed by atoms with E-state index in [1.807, 2.05) is 0 Å². The molecule has 3 N–H and O–H groups in total. The molecule has 0 bridgehead atoms. The second kappa shape index (κ2) is 5.02. The molecular formula is C12H12O4. The van der Waals surface area contributed by atoms with Crippen molar-refractivity contribution in [3.05, 3.63) is 42.0 Å². The van der Waals surface area contributed by atoms with Crippen LogP contribution in [0, 0.1) is 0 Å². The maximum atomic E-state index is 10.8. The molecule has 4 nitrogen and oxygen atoms in total. The third-order valence-corrected chi connectivity index (χ3v) is 1.98. The topological polar surface area (TPSA) is 77.8 Å². The first-order valence-corrected chi connectivity index (χ1v) is 4.61. The van der Waals surface area contributed by atoms with Crippen molar-refractivity contribution in [2.75, 3.05) is 0 Å². The normalized spacial score (nSPS) is 11.1. The van der Waals surface area contributed by atoms with Gasteiger partial charge in [0.15, 0.2) is 11.5 Å². The molecule has 0 aromatic heterocycles. The zero-order valence-corrected chi connectivity index (χ0v) is 8.55. The summed E-state index contributed by atoms with van der Waals surface area (Å²) in [5.74, 6) is -1.55. The van der Waals surface area contributed by atoms with Crippen molar-refractivity contribution >= 4 is 12.0 Å². The van der Waals surface area contributed by atoms with E-state index in [0.29, 0.717) is 5.56 Å². The Balaban J connectivity index is 3.07. The number of carboxylic acids is 1. The van der Waals surface area contributed by atoms with E-state index >= 15 is 0 Å². The van der Waals surface area contributed by atoms with Crippen LogP contribution in [0.15, 0.2) is 36.4 Å². The standard InChI is InChI=1S/C12H12O4/c1-2-3-9(12(15)16)6-8-4-5-10(13)11(14)7-8/h2,4-7,13-14H,1,3H2,(H,15,16). The lowest BCUT2D eigenvalue weighted by Gasteiger charge is -2.01. The molecule has 0 saturated heterocycles. The summed E-state index contributed by atoms with van der Waals surface area (Å²) in [5.41, 5.74) is 0.676. The van der Waals surface area contributed by atoms with Crippen molar-refractivity contribution in [1.29, 1.82) is 0 Å². The molecule has 1 aromatic carbocycles. The molecule has 1 rings (SSSR count). The molecule has 0 fully saturated rings. The minimum atomic E-state index is -1.03. The molecule has 4 heteroatoms. The van der Waals surface area contributed by atoms with Gasteiger partial charge in [0, 0.05) is 5.57 Å². The molecule has 16 heavy (non-hydrogen) atoms. The number of hydrogen-bond acceptors (Lipinski definition) is 3. The largest absolute Gasteiger partial charge is 0.504 e.